The second kappa shape index (κ2) is 8.38. The van der Waals surface area contributed by atoms with Gasteiger partial charge in [-0.15, -0.1) is 0 Å². The van der Waals surface area contributed by atoms with E-state index >= 15 is 0 Å². The highest BCUT2D eigenvalue weighted by Gasteiger charge is 2.33. The molecule has 0 bridgehead atoms. The Morgan fingerprint density at radius 2 is 1.87 bits per heavy atom. The maximum atomic E-state index is 12.7. The van der Waals surface area contributed by atoms with Crippen molar-refractivity contribution in [1.29, 1.82) is 0 Å². The van der Waals surface area contributed by atoms with Gasteiger partial charge in [0.15, 0.2) is 0 Å². The summed E-state index contributed by atoms with van der Waals surface area (Å²) in [4.78, 5) is 22.6. The number of nitrogens with zero attached hydrogens (tertiary/aromatic N) is 4. The highest BCUT2D eigenvalue weighted by molar-refractivity contribution is 5.93. The first kappa shape index (κ1) is 19.7. The SMILES string of the molecule is COc1cccc2c1CN(NC(=O)c1cncnc1)C2Nc1ccc(N(C)C)cc1. The van der Waals surface area contributed by atoms with Gasteiger partial charge in [0.25, 0.3) is 5.91 Å². The van der Waals surface area contributed by atoms with Crippen LogP contribution in [0.5, 0.6) is 5.75 Å². The molecule has 154 valence electrons. The maximum absolute atomic E-state index is 12.7. The summed E-state index contributed by atoms with van der Waals surface area (Å²) in [5, 5.41) is 5.39. The van der Waals surface area contributed by atoms with Crippen LogP contribution in [0.2, 0.25) is 0 Å². The van der Waals surface area contributed by atoms with Crippen molar-refractivity contribution in [2.75, 3.05) is 31.4 Å². The van der Waals surface area contributed by atoms with Crippen LogP contribution in [0.25, 0.3) is 0 Å². The lowest BCUT2D eigenvalue weighted by atomic mass is 10.1. The Morgan fingerprint density at radius 3 is 2.53 bits per heavy atom. The van der Waals surface area contributed by atoms with Crippen LogP contribution >= 0.6 is 0 Å². The van der Waals surface area contributed by atoms with E-state index in [1.807, 2.05) is 66.5 Å². The number of carbonyl (C=O) groups is 1. The predicted molar refractivity (Wildman–Crippen MR) is 115 cm³/mol. The molecule has 2 aromatic carbocycles. The van der Waals surface area contributed by atoms with E-state index in [0.29, 0.717) is 12.1 Å². The lowest BCUT2D eigenvalue weighted by Crippen LogP contribution is -2.43. The van der Waals surface area contributed by atoms with Gasteiger partial charge < -0.3 is 15.0 Å². The van der Waals surface area contributed by atoms with Crippen molar-refractivity contribution in [1.82, 2.24) is 20.4 Å². The van der Waals surface area contributed by atoms with Crippen molar-refractivity contribution in [2.24, 2.45) is 0 Å². The van der Waals surface area contributed by atoms with E-state index in [-0.39, 0.29) is 12.1 Å². The minimum Gasteiger partial charge on any atom is -0.496 e. The number of aromatic nitrogens is 2. The first-order valence-corrected chi connectivity index (χ1v) is 9.59. The standard InChI is InChI=1S/C22H24N6O2/c1-27(2)17-9-7-16(8-10-17)25-21-18-5-4-6-20(30-3)19(18)13-28(21)26-22(29)15-11-23-14-24-12-15/h4-12,14,21,25H,13H2,1-3H3,(H,26,29). The molecular weight excluding hydrogens is 380 g/mol. The van der Waals surface area contributed by atoms with Crippen LogP contribution in [0, 0.1) is 0 Å². The summed E-state index contributed by atoms with van der Waals surface area (Å²) in [6.07, 6.45) is 4.13. The summed E-state index contributed by atoms with van der Waals surface area (Å²) in [5.74, 6) is 0.527. The average molecular weight is 404 g/mol. The smallest absolute Gasteiger partial charge is 0.268 e. The summed E-state index contributed by atoms with van der Waals surface area (Å²) >= 11 is 0. The largest absolute Gasteiger partial charge is 0.496 e. The quantitative estimate of drug-likeness (QED) is 0.654. The Bertz CT molecular complexity index is 1020. The molecule has 0 aliphatic carbocycles. The third kappa shape index (κ3) is 3.90. The molecule has 0 fully saturated rings. The van der Waals surface area contributed by atoms with Crippen LogP contribution in [-0.2, 0) is 6.54 Å². The van der Waals surface area contributed by atoms with Gasteiger partial charge in [-0.2, -0.15) is 5.01 Å². The molecule has 1 unspecified atom stereocenters. The molecule has 30 heavy (non-hydrogen) atoms. The Hall–Kier alpha value is -3.65. The van der Waals surface area contributed by atoms with Crippen molar-refractivity contribution < 1.29 is 9.53 Å². The fraction of sp³-hybridized carbons (Fsp3) is 0.227. The Kier molecular flexibility index (Phi) is 5.49. The molecule has 8 nitrogen and oxygen atoms in total. The van der Waals surface area contributed by atoms with Crippen molar-refractivity contribution in [3.63, 3.8) is 0 Å². The van der Waals surface area contributed by atoms with Gasteiger partial charge in [0, 0.05) is 50.0 Å². The van der Waals surface area contributed by atoms with Crippen molar-refractivity contribution in [2.45, 2.75) is 12.7 Å². The molecule has 1 amide bonds. The monoisotopic (exact) mass is 404 g/mol. The average Bonchev–Trinajstić information content (AvgIpc) is 3.11. The Balaban J connectivity index is 1.62. The second-order valence-electron chi connectivity index (χ2n) is 7.21. The number of nitrogens with one attached hydrogen (secondary N) is 2. The van der Waals surface area contributed by atoms with E-state index in [2.05, 4.69) is 20.7 Å². The molecule has 1 aromatic heterocycles. The topological polar surface area (TPSA) is 82.6 Å². The number of hydrazine groups is 1. The summed E-state index contributed by atoms with van der Waals surface area (Å²) < 4.78 is 5.54. The van der Waals surface area contributed by atoms with Gasteiger partial charge in [0.2, 0.25) is 0 Å². The third-order valence-electron chi connectivity index (χ3n) is 5.08. The highest BCUT2D eigenvalue weighted by atomic mass is 16.5. The molecule has 2 N–H and O–H groups in total. The number of carbonyl (C=O) groups excluding carboxylic acids is 1. The first-order chi connectivity index (χ1) is 14.6. The van der Waals surface area contributed by atoms with Gasteiger partial charge in [-0.05, 0) is 35.9 Å². The first-order valence-electron chi connectivity index (χ1n) is 9.59. The molecule has 4 rings (SSSR count). The third-order valence-corrected chi connectivity index (χ3v) is 5.08. The van der Waals surface area contributed by atoms with Gasteiger partial charge in [-0.1, -0.05) is 12.1 Å². The zero-order valence-corrected chi connectivity index (χ0v) is 17.2. The highest BCUT2D eigenvalue weighted by Crippen LogP contribution is 2.38. The maximum Gasteiger partial charge on any atom is 0.268 e. The zero-order valence-electron chi connectivity index (χ0n) is 17.2. The number of hydrogen-bond donors (Lipinski definition) is 2. The van der Waals surface area contributed by atoms with Gasteiger partial charge in [-0.25, -0.2) is 9.97 Å². The molecule has 0 radical (unpaired) electrons. The molecule has 2 heterocycles. The molecule has 0 spiro atoms. The number of methoxy groups -OCH3 is 1. The lowest BCUT2D eigenvalue weighted by molar-refractivity contribution is 0.0731. The fourth-order valence-electron chi connectivity index (χ4n) is 3.51. The van der Waals surface area contributed by atoms with Crippen molar-refractivity contribution in [3.05, 3.63) is 77.9 Å². The predicted octanol–water partition coefficient (Wildman–Crippen LogP) is 2.82. The van der Waals surface area contributed by atoms with Gasteiger partial charge >= 0.3 is 0 Å². The van der Waals surface area contributed by atoms with E-state index in [0.717, 1.165) is 28.3 Å². The minimum absolute atomic E-state index is 0.256. The van der Waals surface area contributed by atoms with Gasteiger partial charge in [0.1, 0.15) is 18.2 Å². The molecule has 1 aliphatic heterocycles. The molecular formula is C22H24N6O2. The van der Waals surface area contributed by atoms with Crippen LogP contribution in [0.4, 0.5) is 11.4 Å². The number of hydrogen-bond acceptors (Lipinski definition) is 7. The molecule has 0 saturated heterocycles. The van der Waals surface area contributed by atoms with E-state index in [1.54, 1.807) is 7.11 Å². The molecule has 1 aliphatic rings. The van der Waals surface area contributed by atoms with Crippen LogP contribution < -0.4 is 20.4 Å². The van der Waals surface area contributed by atoms with Crippen LogP contribution in [0.1, 0.15) is 27.7 Å². The van der Waals surface area contributed by atoms with Crippen molar-refractivity contribution >= 4 is 17.3 Å². The molecule has 3 aromatic rings. The van der Waals surface area contributed by atoms with Crippen LogP contribution in [-0.4, -0.2) is 42.1 Å². The summed E-state index contributed by atoms with van der Waals surface area (Å²) in [5.41, 5.74) is 7.53. The Morgan fingerprint density at radius 1 is 1.13 bits per heavy atom. The number of amides is 1. The number of fused-ring (bicyclic) bond motifs is 1. The molecule has 0 saturated carbocycles. The lowest BCUT2D eigenvalue weighted by Gasteiger charge is -2.27. The molecule has 1 atom stereocenters. The van der Waals surface area contributed by atoms with Gasteiger partial charge in [-0.3, -0.25) is 10.2 Å². The number of rotatable bonds is 6. The fourth-order valence-corrected chi connectivity index (χ4v) is 3.51. The molecule has 8 heteroatoms. The van der Waals surface area contributed by atoms with E-state index in [4.69, 9.17) is 4.74 Å². The number of benzene rings is 2. The normalized spacial score (nSPS) is 15.4. The summed E-state index contributed by atoms with van der Waals surface area (Å²) in [7, 11) is 5.67. The second-order valence-corrected chi connectivity index (χ2v) is 7.21. The van der Waals surface area contributed by atoms with E-state index < -0.39 is 0 Å². The zero-order chi connectivity index (χ0) is 21.1. The minimum atomic E-state index is -0.267. The number of anilines is 2. The summed E-state index contributed by atoms with van der Waals surface area (Å²) in [6, 6.07) is 14.1. The number of ether oxygens (including phenoxy) is 1. The van der Waals surface area contributed by atoms with Gasteiger partial charge in [0.05, 0.1) is 12.7 Å². The summed E-state index contributed by atoms with van der Waals surface area (Å²) in [6.45, 7) is 0.506. The Labute approximate surface area is 175 Å². The van der Waals surface area contributed by atoms with Crippen LogP contribution in [0.15, 0.2) is 61.2 Å². The van der Waals surface area contributed by atoms with E-state index in [1.165, 1.54) is 18.7 Å². The van der Waals surface area contributed by atoms with E-state index in [9.17, 15) is 4.79 Å². The van der Waals surface area contributed by atoms with Crippen molar-refractivity contribution in [3.8, 4) is 5.75 Å². The van der Waals surface area contributed by atoms with Crippen LogP contribution in [0.3, 0.4) is 0 Å².